The Labute approximate surface area is 152 Å². The van der Waals surface area contributed by atoms with Gasteiger partial charge in [0.1, 0.15) is 11.7 Å². The fraction of sp³-hybridized carbons (Fsp3) is 0.263. The van der Waals surface area contributed by atoms with Crippen LogP contribution in [0.5, 0.6) is 0 Å². The quantitative estimate of drug-likeness (QED) is 0.653. The Morgan fingerprint density at radius 2 is 1.85 bits per heavy atom. The van der Waals surface area contributed by atoms with Crippen LogP contribution in [-0.2, 0) is 15.8 Å². The minimum absolute atomic E-state index is 0.0901. The van der Waals surface area contributed by atoms with Crippen molar-refractivity contribution in [3.05, 3.63) is 65.5 Å². The normalized spacial score (nSPS) is 20.0. The molecule has 1 fully saturated rings. The topological polar surface area (TPSA) is 49.4 Å². The van der Waals surface area contributed by atoms with Crippen molar-refractivity contribution in [2.24, 2.45) is 5.92 Å². The number of nitrogens with one attached hydrogen (secondary N) is 1. The lowest BCUT2D eigenvalue weighted by Gasteiger charge is -2.18. The molecular formula is C19H16F4N2O2. The molecule has 3 rings (SSSR count). The maximum atomic E-state index is 13.8. The number of halogens is 4. The molecule has 0 bridgehead atoms. The van der Waals surface area contributed by atoms with Gasteiger partial charge in [-0.25, -0.2) is 4.39 Å². The number of hydrogen-bond donors (Lipinski definition) is 1. The van der Waals surface area contributed by atoms with Gasteiger partial charge in [0.25, 0.3) is 0 Å². The van der Waals surface area contributed by atoms with Crippen LogP contribution < -0.4 is 5.32 Å². The van der Waals surface area contributed by atoms with Gasteiger partial charge in [0.15, 0.2) is 0 Å². The second kappa shape index (κ2) is 7.02. The van der Waals surface area contributed by atoms with E-state index in [2.05, 4.69) is 5.32 Å². The fourth-order valence-electron chi connectivity index (χ4n) is 3.21. The molecular weight excluding hydrogens is 364 g/mol. The number of alkyl halides is 3. The number of hydrogen-bond acceptors (Lipinski definition) is 2. The van der Waals surface area contributed by atoms with Gasteiger partial charge in [-0.05, 0) is 23.8 Å². The largest absolute Gasteiger partial charge is 0.416 e. The molecule has 1 aliphatic rings. The molecule has 1 N–H and O–H groups in total. The van der Waals surface area contributed by atoms with Gasteiger partial charge < -0.3 is 10.2 Å². The minimum atomic E-state index is -4.53. The molecule has 0 spiro atoms. The summed E-state index contributed by atoms with van der Waals surface area (Å²) in [6.07, 6.45) is -4.53. The van der Waals surface area contributed by atoms with E-state index in [0.717, 1.165) is 18.2 Å². The van der Waals surface area contributed by atoms with Crippen molar-refractivity contribution in [1.82, 2.24) is 4.90 Å². The molecule has 0 aliphatic carbocycles. The summed E-state index contributed by atoms with van der Waals surface area (Å²) in [5, 5.41) is 2.36. The molecule has 0 saturated carbocycles. The Kier molecular flexibility index (Phi) is 4.91. The van der Waals surface area contributed by atoms with Crippen LogP contribution >= 0.6 is 0 Å². The van der Waals surface area contributed by atoms with Gasteiger partial charge in [-0.3, -0.25) is 9.59 Å². The van der Waals surface area contributed by atoms with Crippen LogP contribution in [0.15, 0.2) is 48.5 Å². The van der Waals surface area contributed by atoms with Gasteiger partial charge in [0, 0.05) is 19.5 Å². The predicted molar refractivity (Wildman–Crippen MR) is 90.3 cm³/mol. The summed E-state index contributed by atoms with van der Waals surface area (Å²) in [5.41, 5.74) is -0.709. The zero-order valence-corrected chi connectivity index (χ0v) is 14.3. The van der Waals surface area contributed by atoms with Gasteiger partial charge in [-0.1, -0.05) is 30.3 Å². The molecule has 4 nitrogen and oxygen atoms in total. The number of rotatable bonds is 3. The fourth-order valence-corrected chi connectivity index (χ4v) is 3.21. The first kappa shape index (κ1) is 18.9. The third-order valence-corrected chi connectivity index (χ3v) is 4.57. The summed E-state index contributed by atoms with van der Waals surface area (Å²) in [4.78, 5) is 26.4. The summed E-state index contributed by atoms with van der Waals surface area (Å²) in [5.74, 6) is -3.95. The molecule has 8 heteroatoms. The van der Waals surface area contributed by atoms with E-state index in [1.165, 1.54) is 42.3 Å². The molecule has 2 aromatic rings. The standard InChI is InChI=1S/C19H16F4N2O2/c1-25-10-13(11-5-4-6-12(9-11)19(21,22)23)16(18(25)27)17(26)24-15-8-3-2-7-14(15)20/h2-9,13,16H,10H2,1H3,(H,24,26). The lowest BCUT2D eigenvalue weighted by Crippen LogP contribution is -2.33. The van der Waals surface area contributed by atoms with E-state index >= 15 is 0 Å². The highest BCUT2D eigenvalue weighted by Gasteiger charge is 2.45. The third-order valence-electron chi connectivity index (χ3n) is 4.57. The van der Waals surface area contributed by atoms with Crippen LogP contribution in [0.4, 0.5) is 23.2 Å². The van der Waals surface area contributed by atoms with Crippen molar-refractivity contribution in [2.75, 3.05) is 18.9 Å². The highest BCUT2D eigenvalue weighted by Crippen LogP contribution is 2.37. The Balaban J connectivity index is 1.92. The van der Waals surface area contributed by atoms with Crippen LogP contribution in [0.25, 0.3) is 0 Å². The van der Waals surface area contributed by atoms with E-state index in [9.17, 15) is 27.2 Å². The maximum Gasteiger partial charge on any atom is 0.416 e. The first-order chi connectivity index (χ1) is 12.7. The highest BCUT2D eigenvalue weighted by atomic mass is 19.4. The second-order valence-corrected chi connectivity index (χ2v) is 6.40. The number of carbonyl (C=O) groups excluding carboxylic acids is 2. The Hall–Kier alpha value is -2.90. The molecule has 2 amide bonds. The van der Waals surface area contributed by atoms with Crippen molar-refractivity contribution >= 4 is 17.5 Å². The molecule has 2 aromatic carbocycles. The van der Waals surface area contributed by atoms with E-state index in [0.29, 0.717) is 0 Å². The van der Waals surface area contributed by atoms with E-state index in [1.54, 1.807) is 0 Å². The smallest absolute Gasteiger partial charge is 0.344 e. The number of likely N-dealkylation sites (N-methyl/N-ethyl adjacent to an activating group) is 1. The lowest BCUT2D eigenvalue weighted by molar-refractivity contribution is -0.137. The van der Waals surface area contributed by atoms with Gasteiger partial charge in [0.05, 0.1) is 11.3 Å². The van der Waals surface area contributed by atoms with E-state index in [-0.39, 0.29) is 17.8 Å². The zero-order valence-electron chi connectivity index (χ0n) is 14.3. The summed E-state index contributed by atoms with van der Waals surface area (Å²) in [6, 6.07) is 10.0. The van der Waals surface area contributed by atoms with Gasteiger partial charge in [-0.15, -0.1) is 0 Å². The molecule has 2 atom stereocenters. The first-order valence-electron chi connectivity index (χ1n) is 8.16. The summed E-state index contributed by atoms with van der Waals surface area (Å²) in [6.45, 7) is 0.0928. The lowest BCUT2D eigenvalue weighted by atomic mass is 9.87. The number of benzene rings is 2. The summed E-state index contributed by atoms with van der Waals surface area (Å²) >= 11 is 0. The van der Waals surface area contributed by atoms with Gasteiger partial charge in [-0.2, -0.15) is 13.2 Å². The van der Waals surface area contributed by atoms with E-state index in [4.69, 9.17) is 0 Å². The molecule has 1 saturated heterocycles. The first-order valence-corrected chi connectivity index (χ1v) is 8.16. The van der Waals surface area contributed by atoms with Crippen LogP contribution in [0, 0.1) is 11.7 Å². The average Bonchev–Trinajstić information content (AvgIpc) is 2.91. The maximum absolute atomic E-state index is 13.8. The van der Waals surface area contributed by atoms with Crippen molar-refractivity contribution < 1.29 is 27.2 Å². The molecule has 2 unspecified atom stereocenters. The number of anilines is 1. The van der Waals surface area contributed by atoms with Crippen LogP contribution in [0.1, 0.15) is 17.0 Å². The Morgan fingerprint density at radius 3 is 2.52 bits per heavy atom. The van der Waals surface area contributed by atoms with E-state index in [1.807, 2.05) is 0 Å². The SMILES string of the molecule is CN1CC(c2cccc(C(F)(F)F)c2)C(C(=O)Nc2ccccc2F)C1=O. The summed E-state index contributed by atoms with van der Waals surface area (Å²) in [7, 11) is 1.47. The monoisotopic (exact) mass is 380 g/mol. The van der Waals surface area contributed by atoms with Crippen molar-refractivity contribution in [3.63, 3.8) is 0 Å². The molecule has 0 aromatic heterocycles. The minimum Gasteiger partial charge on any atom is -0.344 e. The molecule has 1 aliphatic heterocycles. The summed E-state index contributed by atoms with van der Waals surface area (Å²) < 4.78 is 52.8. The number of para-hydroxylation sites is 1. The molecule has 142 valence electrons. The average molecular weight is 380 g/mol. The number of likely N-dealkylation sites (tertiary alicyclic amines) is 1. The Bertz CT molecular complexity index is 882. The second-order valence-electron chi connectivity index (χ2n) is 6.40. The van der Waals surface area contributed by atoms with Crippen molar-refractivity contribution in [3.8, 4) is 0 Å². The number of amides is 2. The number of nitrogens with zero attached hydrogens (tertiary/aromatic N) is 1. The number of carbonyl (C=O) groups is 2. The third kappa shape index (κ3) is 3.79. The molecule has 1 heterocycles. The Morgan fingerprint density at radius 1 is 1.15 bits per heavy atom. The predicted octanol–water partition coefficient (Wildman–Crippen LogP) is 3.66. The van der Waals surface area contributed by atoms with Crippen molar-refractivity contribution in [1.29, 1.82) is 0 Å². The zero-order chi connectivity index (χ0) is 19.8. The van der Waals surface area contributed by atoms with Crippen LogP contribution in [-0.4, -0.2) is 30.3 Å². The van der Waals surface area contributed by atoms with E-state index < -0.39 is 41.2 Å². The van der Waals surface area contributed by atoms with Crippen LogP contribution in [0.2, 0.25) is 0 Å². The van der Waals surface area contributed by atoms with Crippen molar-refractivity contribution in [2.45, 2.75) is 12.1 Å². The van der Waals surface area contributed by atoms with Crippen LogP contribution in [0.3, 0.4) is 0 Å². The van der Waals surface area contributed by atoms with Gasteiger partial charge in [0.2, 0.25) is 11.8 Å². The van der Waals surface area contributed by atoms with Gasteiger partial charge >= 0.3 is 6.18 Å². The molecule has 27 heavy (non-hydrogen) atoms. The highest BCUT2D eigenvalue weighted by molar-refractivity contribution is 6.08. The molecule has 0 radical (unpaired) electrons.